The SMILES string of the molecule is CC1NC(CC2CCC3CC(CC4CCC5CCN54)CN32)C2CCCCC12. The number of nitrogens with one attached hydrogen (secondary N) is 1. The van der Waals surface area contributed by atoms with Crippen molar-refractivity contribution in [1.29, 1.82) is 0 Å². The minimum atomic E-state index is 0.774. The fourth-order valence-corrected chi connectivity index (χ4v) is 8.62. The summed E-state index contributed by atoms with van der Waals surface area (Å²) in [5.74, 6) is 2.98. The van der Waals surface area contributed by atoms with Crippen molar-refractivity contribution < 1.29 is 0 Å². The Kier molecular flexibility index (Phi) is 4.58. The zero-order valence-corrected chi connectivity index (χ0v) is 17.5. The normalized spacial score (nSPS) is 52.6. The van der Waals surface area contributed by atoms with Crippen LogP contribution in [0.2, 0.25) is 0 Å². The summed E-state index contributed by atoms with van der Waals surface area (Å²) in [7, 11) is 0. The van der Waals surface area contributed by atoms with Gasteiger partial charge in [0.25, 0.3) is 0 Å². The first-order valence-corrected chi connectivity index (χ1v) is 12.5. The lowest BCUT2D eigenvalue weighted by molar-refractivity contribution is 0.0823. The highest BCUT2D eigenvalue weighted by Crippen LogP contribution is 2.45. The Bertz CT molecular complexity index is 550. The first kappa shape index (κ1) is 17.7. The first-order valence-electron chi connectivity index (χ1n) is 12.5. The third-order valence-corrected chi connectivity index (χ3v) is 9.98. The van der Waals surface area contributed by atoms with Crippen molar-refractivity contribution in [1.82, 2.24) is 15.1 Å². The van der Waals surface area contributed by atoms with Gasteiger partial charge < -0.3 is 5.32 Å². The molecule has 0 bridgehead atoms. The van der Waals surface area contributed by atoms with Gasteiger partial charge in [0.2, 0.25) is 0 Å². The van der Waals surface area contributed by atoms with Crippen LogP contribution in [0.4, 0.5) is 0 Å². The Morgan fingerprint density at radius 3 is 2.33 bits per heavy atom. The molecule has 27 heavy (non-hydrogen) atoms. The molecule has 6 aliphatic rings. The summed E-state index contributed by atoms with van der Waals surface area (Å²) in [5, 5.41) is 4.06. The molecule has 5 saturated heterocycles. The second kappa shape index (κ2) is 6.99. The molecule has 9 atom stereocenters. The molecule has 5 heterocycles. The van der Waals surface area contributed by atoms with E-state index in [1.54, 1.807) is 0 Å². The Morgan fingerprint density at radius 1 is 0.778 bits per heavy atom. The number of rotatable bonds is 4. The van der Waals surface area contributed by atoms with Gasteiger partial charge in [-0.2, -0.15) is 0 Å². The fraction of sp³-hybridized carbons (Fsp3) is 1.00. The van der Waals surface area contributed by atoms with Crippen LogP contribution in [0, 0.1) is 17.8 Å². The summed E-state index contributed by atoms with van der Waals surface area (Å²) >= 11 is 0. The summed E-state index contributed by atoms with van der Waals surface area (Å²) in [6.45, 7) is 5.31. The van der Waals surface area contributed by atoms with Crippen LogP contribution in [-0.4, -0.2) is 59.1 Å². The monoisotopic (exact) mass is 371 g/mol. The molecule has 5 aliphatic heterocycles. The molecular formula is C24H41N3. The van der Waals surface area contributed by atoms with Crippen LogP contribution in [0.5, 0.6) is 0 Å². The van der Waals surface area contributed by atoms with Gasteiger partial charge in [-0.25, -0.2) is 0 Å². The van der Waals surface area contributed by atoms with Crippen molar-refractivity contribution in [2.75, 3.05) is 13.1 Å². The fourth-order valence-electron chi connectivity index (χ4n) is 8.62. The molecule has 0 spiro atoms. The third-order valence-electron chi connectivity index (χ3n) is 9.98. The Balaban J connectivity index is 1.06. The molecule has 0 aromatic rings. The van der Waals surface area contributed by atoms with E-state index in [9.17, 15) is 0 Å². The minimum Gasteiger partial charge on any atom is -0.311 e. The van der Waals surface area contributed by atoms with Crippen molar-refractivity contribution in [3.8, 4) is 0 Å². The van der Waals surface area contributed by atoms with Crippen molar-refractivity contribution in [2.24, 2.45) is 17.8 Å². The number of hydrogen-bond acceptors (Lipinski definition) is 3. The second-order valence-corrected chi connectivity index (χ2v) is 11.2. The highest BCUT2D eigenvalue weighted by molar-refractivity contribution is 5.03. The van der Waals surface area contributed by atoms with Gasteiger partial charge in [-0.15, -0.1) is 0 Å². The molecule has 6 fully saturated rings. The molecule has 3 nitrogen and oxygen atoms in total. The summed E-state index contributed by atoms with van der Waals surface area (Å²) < 4.78 is 0. The molecule has 9 unspecified atom stereocenters. The predicted molar refractivity (Wildman–Crippen MR) is 111 cm³/mol. The zero-order valence-electron chi connectivity index (χ0n) is 17.5. The van der Waals surface area contributed by atoms with Crippen LogP contribution in [0.1, 0.15) is 84.0 Å². The van der Waals surface area contributed by atoms with Crippen LogP contribution in [0.25, 0.3) is 0 Å². The summed E-state index contributed by atoms with van der Waals surface area (Å²) in [6, 6.07) is 5.37. The molecule has 1 saturated carbocycles. The highest BCUT2D eigenvalue weighted by Gasteiger charge is 2.47. The smallest absolute Gasteiger partial charge is 0.0116 e. The molecule has 1 aliphatic carbocycles. The lowest BCUT2D eigenvalue weighted by Gasteiger charge is -2.40. The average molecular weight is 372 g/mol. The van der Waals surface area contributed by atoms with Crippen LogP contribution in [0.15, 0.2) is 0 Å². The van der Waals surface area contributed by atoms with Gasteiger partial charge >= 0.3 is 0 Å². The molecular weight excluding hydrogens is 330 g/mol. The van der Waals surface area contributed by atoms with E-state index in [0.717, 1.165) is 54.0 Å². The van der Waals surface area contributed by atoms with E-state index in [-0.39, 0.29) is 0 Å². The Labute approximate surface area is 166 Å². The zero-order chi connectivity index (χ0) is 18.0. The van der Waals surface area contributed by atoms with Crippen LogP contribution >= 0.6 is 0 Å². The van der Waals surface area contributed by atoms with Gasteiger partial charge in [0.15, 0.2) is 0 Å². The summed E-state index contributed by atoms with van der Waals surface area (Å²) in [6.07, 6.45) is 17.9. The molecule has 0 aromatic heterocycles. The summed E-state index contributed by atoms with van der Waals surface area (Å²) in [5.41, 5.74) is 0. The van der Waals surface area contributed by atoms with Crippen molar-refractivity contribution in [3.05, 3.63) is 0 Å². The maximum absolute atomic E-state index is 4.06. The van der Waals surface area contributed by atoms with Gasteiger partial charge in [-0.1, -0.05) is 12.8 Å². The molecule has 6 rings (SSSR count). The van der Waals surface area contributed by atoms with E-state index in [4.69, 9.17) is 0 Å². The van der Waals surface area contributed by atoms with Gasteiger partial charge in [0, 0.05) is 49.3 Å². The molecule has 0 aromatic carbocycles. The van der Waals surface area contributed by atoms with E-state index in [1.807, 2.05) is 0 Å². The minimum absolute atomic E-state index is 0.774. The Hall–Kier alpha value is -0.120. The number of nitrogens with zero attached hydrogens (tertiary/aromatic N) is 2. The molecule has 3 heteroatoms. The predicted octanol–water partition coefficient (Wildman–Crippen LogP) is 4.02. The summed E-state index contributed by atoms with van der Waals surface area (Å²) in [4.78, 5) is 5.85. The van der Waals surface area contributed by atoms with E-state index in [2.05, 4.69) is 22.0 Å². The van der Waals surface area contributed by atoms with Crippen molar-refractivity contribution >= 4 is 0 Å². The lowest BCUT2D eigenvalue weighted by atomic mass is 9.75. The quantitative estimate of drug-likeness (QED) is 0.805. The van der Waals surface area contributed by atoms with Gasteiger partial charge in [0.1, 0.15) is 0 Å². The van der Waals surface area contributed by atoms with E-state index >= 15 is 0 Å². The largest absolute Gasteiger partial charge is 0.311 e. The van der Waals surface area contributed by atoms with Gasteiger partial charge in [-0.3, -0.25) is 9.80 Å². The second-order valence-electron chi connectivity index (χ2n) is 11.2. The van der Waals surface area contributed by atoms with Crippen molar-refractivity contribution in [3.63, 3.8) is 0 Å². The van der Waals surface area contributed by atoms with E-state index in [1.165, 1.54) is 90.1 Å². The van der Waals surface area contributed by atoms with Gasteiger partial charge in [0.05, 0.1) is 0 Å². The number of hydrogen-bond donors (Lipinski definition) is 1. The maximum atomic E-state index is 4.06. The van der Waals surface area contributed by atoms with Crippen LogP contribution in [0.3, 0.4) is 0 Å². The molecule has 152 valence electrons. The molecule has 1 N–H and O–H groups in total. The highest BCUT2D eigenvalue weighted by atomic mass is 15.3. The van der Waals surface area contributed by atoms with E-state index in [0.29, 0.717) is 0 Å². The van der Waals surface area contributed by atoms with Crippen LogP contribution in [-0.2, 0) is 0 Å². The first-order chi connectivity index (χ1) is 13.3. The lowest BCUT2D eigenvalue weighted by Crippen LogP contribution is -2.47. The topological polar surface area (TPSA) is 18.5 Å². The third kappa shape index (κ3) is 3.02. The molecule has 0 radical (unpaired) electrons. The van der Waals surface area contributed by atoms with Gasteiger partial charge in [-0.05, 0) is 88.9 Å². The Morgan fingerprint density at radius 2 is 1.56 bits per heavy atom. The van der Waals surface area contributed by atoms with Crippen LogP contribution < -0.4 is 5.32 Å². The molecule has 0 amide bonds. The standard InChI is InChI=1S/C24H41N3/c1-16-22-4-2-3-5-23(22)24(25-16)14-21-9-8-20-13-17(15-27(20)21)12-19-7-6-18-10-11-26(18)19/h16-25H,2-15H2,1H3. The average Bonchev–Trinajstić information content (AvgIpc) is 3.35. The number of fused-ring (bicyclic) bond motifs is 3. The van der Waals surface area contributed by atoms with Crippen molar-refractivity contribution in [2.45, 2.75) is 120 Å². The van der Waals surface area contributed by atoms with E-state index < -0.39 is 0 Å². The maximum Gasteiger partial charge on any atom is 0.0116 e.